The van der Waals surface area contributed by atoms with Crippen LogP contribution >= 0.6 is 33.9 Å². The van der Waals surface area contributed by atoms with Crippen molar-refractivity contribution in [2.75, 3.05) is 0 Å². The highest BCUT2D eigenvalue weighted by atomic mass is 127. The van der Waals surface area contributed by atoms with Crippen molar-refractivity contribution in [3.05, 3.63) is 19.4 Å². The van der Waals surface area contributed by atoms with Crippen molar-refractivity contribution in [2.45, 2.75) is 69.6 Å². The molecule has 4 heteroatoms. The van der Waals surface area contributed by atoms with Gasteiger partial charge in [0.05, 0.1) is 8.99 Å². The van der Waals surface area contributed by atoms with Crippen molar-refractivity contribution in [2.24, 2.45) is 0 Å². The molecule has 1 aromatic heterocycles. The summed E-state index contributed by atoms with van der Waals surface area (Å²) in [4.78, 5) is 1.57. The van der Waals surface area contributed by atoms with Crippen molar-refractivity contribution < 1.29 is 5.11 Å². The lowest BCUT2D eigenvalue weighted by atomic mass is 9.92. The molecule has 0 aromatic carbocycles. The summed E-state index contributed by atoms with van der Waals surface area (Å²) in [6, 6.07) is 3.12. The molecule has 2 nitrogen and oxygen atoms in total. The van der Waals surface area contributed by atoms with Gasteiger partial charge in [0.1, 0.15) is 0 Å². The largest absolute Gasteiger partial charge is 0.392 e. The molecule has 0 amide bonds. The minimum atomic E-state index is -0.148. The fraction of sp³-hybridized carbons (Fsp3) is 0.733. The molecule has 2 aliphatic carbocycles. The highest BCUT2D eigenvalue weighted by Gasteiger charge is 2.28. The van der Waals surface area contributed by atoms with Crippen LogP contribution in [0.5, 0.6) is 0 Å². The van der Waals surface area contributed by atoms with Gasteiger partial charge in [0.15, 0.2) is 0 Å². The number of halogens is 1. The molecule has 1 fully saturated rings. The smallest absolute Gasteiger partial charge is 0.0693 e. The standard InChI is InChI=1S/C15H22INOS/c16-15-9-10-11(6-4-8-14(10)19-15)17-12-5-2-1-3-7-13(12)18/h9,11-13,17-18H,1-8H2. The Morgan fingerprint density at radius 2 is 2.00 bits per heavy atom. The second-order valence-electron chi connectivity index (χ2n) is 5.85. The van der Waals surface area contributed by atoms with Gasteiger partial charge in [-0.25, -0.2) is 0 Å². The molecule has 0 radical (unpaired) electrons. The number of rotatable bonds is 2. The van der Waals surface area contributed by atoms with Gasteiger partial charge in [0.2, 0.25) is 0 Å². The summed E-state index contributed by atoms with van der Waals surface area (Å²) < 4.78 is 1.40. The number of hydrogen-bond donors (Lipinski definition) is 2. The third-order valence-electron chi connectivity index (χ3n) is 4.48. The molecule has 1 saturated carbocycles. The fourth-order valence-electron chi connectivity index (χ4n) is 3.44. The molecule has 106 valence electrons. The zero-order chi connectivity index (χ0) is 13.2. The normalized spacial score (nSPS) is 31.8. The second kappa shape index (κ2) is 6.41. The van der Waals surface area contributed by atoms with Crippen LogP contribution in [-0.2, 0) is 6.42 Å². The van der Waals surface area contributed by atoms with Gasteiger partial charge in [-0.2, -0.15) is 0 Å². The first-order valence-electron chi connectivity index (χ1n) is 7.46. The van der Waals surface area contributed by atoms with E-state index in [4.69, 9.17) is 0 Å². The van der Waals surface area contributed by atoms with Gasteiger partial charge in [-0.1, -0.05) is 19.3 Å². The minimum absolute atomic E-state index is 0.148. The van der Waals surface area contributed by atoms with E-state index in [1.165, 1.54) is 47.0 Å². The van der Waals surface area contributed by atoms with E-state index in [0.717, 1.165) is 12.8 Å². The summed E-state index contributed by atoms with van der Waals surface area (Å²) in [5, 5.41) is 14.0. The van der Waals surface area contributed by atoms with Crippen molar-refractivity contribution >= 4 is 33.9 Å². The molecular formula is C15H22INOS. The van der Waals surface area contributed by atoms with Crippen molar-refractivity contribution in [1.29, 1.82) is 0 Å². The van der Waals surface area contributed by atoms with E-state index in [2.05, 4.69) is 34.0 Å². The Kier molecular flexibility index (Phi) is 4.82. The van der Waals surface area contributed by atoms with Crippen LogP contribution in [0.15, 0.2) is 6.07 Å². The van der Waals surface area contributed by atoms with Crippen LogP contribution in [0, 0.1) is 2.88 Å². The van der Waals surface area contributed by atoms with Crippen molar-refractivity contribution in [3.63, 3.8) is 0 Å². The molecular weight excluding hydrogens is 369 g/mol. The number of aryl methyl sites for hydroxylation is 1. The number of hydrogen-bond acceptors (Lipinski definition) is 3. The van der Waals surface area contributed by atoms with Crippen LogP contribution in [-0.4, -0.2) is 17.3 Å². The summed E-state index contributed by atoms with van der Waals surface area (Å²) in [5.41, 5.74) is 1.51. The number of nitrogens with one attached hydrogen (secondary N) is 1. The maximum absolute atomic E-state index is 10.3. The Hall–Kier alpha value is 0.350. The van der Waals surface area contributed by atoms with Gasteiger partial charge in [0, 0.05) is 17.0 Å². The third kappa shape index (κ3) is 3.34. The van der Waals surface area contributed by atoms with Gasteiger partial charge >= 0.3 is 0 Å². The van der Waals surface area contributed by atoms with Gasteiger partial charge in [-0.3, -0.25) is 0 Å². The average molecular weight is 391 g/mol. The Morgan fingerprint density at radius 3 is 2.89 bits per heavy atom. The van der Waals surface area contributed by atoms with E-state index >= 15 is 0 Å². The van der Waals surface area contributed by atoms with E-state index in [-0.39, 0.29) is 6.10 Å². The predicted octanol–water partition coefficient (Wildman–Crippen LogP) is 4.01. The topological polar surface area (TPSA) is 32.3 Å². The lowest BCUT2D eigenvalue weighted by Crippen LogP contribution is -2.42. The maximum Gasteiger partial charge on any atom is 0.0693 e. The first-order valence-corrected chi connectivity index (χ1v) is 9.36. The maximum atomic E-state index is 10.3. The molecule has 1 aromatic rings. The fourth-order valence-corrected chi connectivity index (χ4v) is 5.56. The second-order valence-corrected chi connectivity index (χ2v) is 8.88. The molecule has 3 atom stereocenters. The Balaban J connectivity index is 1.72. The minimum Gasteiger partial charge on any atom is -0.392 e. The highest BCUT2D eigenvalue weighted by Crippen LogP contribution is 2.37. The van der Waals surface area contributed by atoms with Crippen molar-refractivity contribution in [3.8, 4) is 0 Å². The summed E-state index contributed by atoms with van der Waals surface area (Å²) in [6.07, 6.45) is 9.43. The molecule has 1 heterocycles. The van der Waals surface area contributed by atoms with E-state index < -0.39 is 0 Å². The molecule has 0 aliphatic heterocycles. The molecule has 0 saturated heterocycles. The summed E-state index contributed by atoms with van der Waals surface area (Å²) in [6.45, 7) is 0. The summed E-state index contributed by atoms with van der Waals surface area (Å²) in [5.74, 6) is 0. The van der Waals surface area contributed by atoms with Gasteiger partial charge in [0.25, 0.3) is 0 Å². The van der Waals surface area contributed by atoms with Crippen LogP contribution in [0.3, 0.4) is 0 Å². The van der Waals surface area contributed by atoms with Gasteiger partial charge in [-0.15, -0.1) is 11.3 Å². The van der Waals surface area contributed by atoms with Crippen molar-refractivity contribution in [1.82, 2.24) is 5.32 Å². The molecule has 2 aliphatic rings. The quantitative estimate of drug-likeness (QED) is 0.590. The lowest BCUT2D eigenvalue weighted by Gasteiger charge is -2.30. The highest BCUT2D eigenvalue weighted by molar-refractivity contribution is 14.1. The van der Waals surface area contributed by atoms with E-state index in [9.17, 15) is 5.11 Å². The zero-order valence-corrected chi connectivity index (χ0v) is 14.2. The summed E-state index contributed by atoms with van der Waals surface area (Å²) >= 11 is 4.38. The third-order valence-corrected chi connectivity index (χ3v) is 6.45. The Morgan fingerprint density at radius 1 is 1.16 bits per heavy atom. The van der Waals surface area contributed by atoms with Crippen LogP contribution in [0.1, 0.15) is 61.4 Å². The van der Waals surface area contributed by atoms with Gasteiger partial charge in [-0.05, 0) is 66.3 Å². The first kappa shape index (κ1) is 14.3. The van der Waals surface area contributed by atoms with Crippen LogP contribution < -0.4 is 5.32 Å². The Labute approximate surface area is 133 Å². The van der Waals surface area contributed by atoms with E-state index in [0.29, 0.717) is 12.1 Å². The van der Waals surface area contributed by atoms with Crippen LogP contribution in [0.2, 0.25) is 0 Å². The zero-order valence-electron chi connectivity index (χ0n) is 11.2. The van der Waals surface area contributed by atoms with E-state index in [1.807, 2.05) is 11.3 Å². The lowest BCUT2D eigenvalue weighted by molar-refractivity contribution is 0.112. The number of aliphatic hydroxyl groups is 1. The SMILES string of the molecule is OC1CCCCCC1NC1CCCc2sc(I)cc21. The molecule has 0 spiro atoms. The van der Waals surface area contributed by atoms with Crippen LogP contribution in [0.25, 0.3) is 0 Å². The molecule has 3 rings (SSSR count). The molecule has 2 N–H and O–H groups in total. The number of thiophene rings is 1. The summed E-state index contributed by atoms with van der Waals surface area (Å²) in [7, 11) is 0. The molecule has 0 bridgehead atoms. The monoisotopic (exact) mass is 391 g/mol. The Bertz CT molecular complexity index is 434. The number of fused-ring (bicyclic) bond motifs is 1. The molecule has 3 unspecified atom stereocenters. The van der Waals surface area contributed by atoms with Gasteiger partial charge < -0.3 is 10.4 Å². The average Bonchev–Trinajstić information content (AvgIpc) is 2.66. The number of aliphatic hydroxyl groups excluding tert-OH is 1. The predicted molar refractivity (Wildman–Crippen MR) is 88.7 cm³/mol. The molecule has 19 heavy (non-hydrogen) atoms. The van der Waals surface area contributed by atoms with Crippen LogP contribution in [0.4, 0.5) is 0 Å². The van der Waals surface area contributed by atoms with E-state index in [1.54, 1.807) is 4.88 Å². The first-order chi connectivity index (χ1) is 9.24.